The number of fused-ring (bicyclic) bond motifs is 2. The van der Waals surface area contributed by atoms with Crippen LogP contribution in [0.3, 0.4) is 0 Å². The molecule has 3 N–H and O–H groups in total. The zero-order chi connectivity index (χ0) is 22.5. The smallest absolute Gasteiger partial charge is 0.323 e. The number of aryl methyl sites for hydroxylation is 1. The molecule has 0 spiro atoms. The predicted molar refractivity (Wildman–Crippen MR) is 117 cm³/mol. The number of rotatable bonds is 3. The normalized spacial score (nSPS) is 17.8. The molecule has 1 saturated heterocycles. The number of carbonyl (C=O) groups excluding carboxylic acids is 2. The van der Waals surface area contributed by atoms with Gasteiger partial charge in [-0.1, -0.05) is 11.8 Å². The van der Waals surface area contributed by atoms with E-state index in [1.54, 1.807) is 42.4 Å². The minimum Gasteiger partial charge on any atom is -0.497 e. The van der Waals surface area contributed by atoms with Crippen molar-refractivity contribution in [2.45, 2.75) is 12.1 Å². The second-order valence-corrected chi connectivity index (χ2v) is 7.64. The molecular weight excluding hydrogens is 410 g/mol. The zero-order valence-electron chi connectivity index (χ0n) is 17.3. The molecule has 3 heterocycles. The number of amides is 3. The SMILES string of the molecule is COc1ccc2cn(C[C@@]3(C#Cc4ccc5cnn(C)c5c4)NC(=O)NC3=O)c(O)c2c1. The molecule has 2 aromatic heterocycles. The number of nitrogens with one attached hydrogen (secondary N) is 2. The zero-order valence-corrected chi connectivity index (χ0v) is 17.3. The van der Waals surface area contributed by atoms with Crippen LogP contribution in [0.5, 0.6) is 11.6 Å². The fourth-order valence-electron chi connectivity index (χ4n) is 3.86. The Balaban J connectivity index is 1.56. The van der Waals surface area contributed by atoms with Gasteiger partial charge in [0.1, 0.15) is 5.75 Å². The fourth-order valence-corrected chi connectivity index (χ4v) is 3.86. The predicted octanol–water partition coefficient (Wildman–Crippen LogP) is 1.87. The number of nitrogens with zero attached hydrogens (tertiary/aromatic N) is 3. The second kappa shape index (κ2) is 7.06. The van der Waals surface area contributed by atoms with E-state index in [2.05, 4.69) is 27.6 Å². The molecule has 1 aliphatic heterocycles. The maximum atomic E-state index is 12.8. The third-order valence-electron chi connectivity index (χ3n) is 5.59. The van der Waals surface area contributed by atoms with Gasteiger partial charge < -0.3 is 19.7 Å². The molecule has 0 unspecified atom stereocenters. The van der Waals surface area contributed by atoms with Gasteiger partial charge in [0.25, 0.3) is 5.91 Å². The number of ether oxygens (including phenoxy) is 1. The molecule has 1 atom stereocenters. The van der Waals surface area contributed by atoms with Gasteiger partial charge in [-0.25, -0.2) is 4.79 Å². The maximum absolute atomic E-state index is 12.8. The van der Waals surface area contributed by atoms with Crippen LogP contribution in [0, 0.1) is 11.8 Å². The van der Waals surface area contributed by atoms with E-state index in [4.69, 9.17) is 4.74 Å². The average molecular weight is 429 g/mol. The number of urea groups is 1. The number of methoxy groups -OCH3 is 1. The first-order chi connectivity index (χ1) is 15.4. The highest BCUT2D eigenvalue weighted by Gasteiger charge is 2.46. The average Bonchev–Trinajstić information content (AvgIpc) is 3.40. The van der Waals surface area contributed by atoms with Crippen LogP contribution in [-0.2, 0) is 18.4 Å². The summed E-state index contributed by atoms with van der Waals surface area (Å²) >= 11 is 0. The van der Waals surface area contributed by atoms with Crippen LogP contribution in [0.15, 0.2) is 48.8 Å². The highest BCUT2D eigenvalue weighted by Crippen LogP contribution is 2.32. The van der Waals surface area contributed by atoms with Gasteiger partial charge in [-0.05, 0) is 36.4 Å². The van der Waals surface area contributed by atoms with Gasteiger partial charge in [0.2, 0.25) is 5.54 Å². The Morgan fingerprint density at radius 2 is 2.00 bits per heavy atom. The quantitative estimate of drug-likeness (QED) is 0.340. The number of imide groups is 1. The van der Waals surface area contributed by atoms with Crippen LogP contribution in [0.4, 0.5) is 4.79 Å². The van der Waals surface area contributed by atoms with Crippen molar-refractivity contribution in [3.05, 3.63) is 54.4 Å². The Morgan fingerprint density at radius 1 is 1.19 bits per heavy atom. The summed E-state index contributed by atoms with van der Waals surface area (Å²) in [5, 5.41) is 22.1. The summed E-state index contributed by atoms with van der Waals surface area (Å²) in [6, 6.07) is 10.2. The first-order valence-corrected chi connectivity index (χ1v) is 9.83. The summed E-state index contributed by atoms with van der Waals surface area (Å²) in [7, 11) is 3.38. The van der Waals surface area contributed by atoms with Crippen molar-refractivity contribution in [1.29, 1.82) is 0 Å². The van der Waals surface area contributed by atoms with Crippen LogP contribution in [0.25, 0.3) is 21.7 Å². The number of hydrogen-bond donors (Lipinski definition) is 3. The van der Waals surface area contributed by atoms with E-state index < -0.39 is 17.5 Å². The molecule has 1 fully saturated rings. The van der Waals surface area contributed by atoms with Gasteiger partial charge in [0, 0.05) is 35.0 Å². The summed E-state index contributed by atoms with van der Waals surface area (Å²) in [5.74, 6) is 5.89. The second-order valence-electron chi connectivity index (χ2n) is 7.64. The Hall–Kier alpha value is -4.45. The Morgan fingerprint density at radius 3 is 2.75 bits per heavy atom. The van der Waals surface area contributed by atoms with Gasteiger partial charge in [-0.2, -0.15) is 5.10 Å². The summed E-state index contributed by atoms with van der Waals surface area (Å²) in [4.78, 5) is 24.7. The topological polar surface area (TPSA) is 110 Å². The number of hydrogen-bond acceptors (Lipinski definition) is 5. The number of aromatic hydroxyl groups is 1. The lowest BCUT2D eigenvalue weighted by Crippen LogP contribution is -2.49. The van der Waals surface area contributed by atoms with E-state index in [0.717, 1.165) is 16.3 Å². The molecular formula is C23H19N5O4. The highest BCUT2D eigenvalue weighted by atomic mass is 16.5. The molecule has 160 valence electrons. The molecule has 4 aromatic rings. The minimum absolute atomic E-state index is 0.0506. The van der Waals surface area contributed by atoms with Crippen molar-refractivity contribution in [3.8, 4) is 23.5 Å². The molecule has 9 nitrogen and oxygen atoms in total. The molecule has 1 aliphatic rings. The Kier molecular flexibility index (Phi) is 4.30. The lowest BCUT2D eigenvalue weighted by atomic mass is 9.99. The number of benzene rings is 2. The van der Waals surface area contributed by atoms with Crippen LogP contribution in [0.2, 0.25) is 0 Å². The van der Waals surface area contributed by atoms with E-state index in [-0.39, 0.29) is 12.4 Å². The minimum atomic E-state index is -1.55. The van der Waals surface area contributed by atoms with Crippen molar-refractivity contribution < 1.29 is 19.4 Å². The fraction of sp³-hybridized carbons (Fsp3) is 0.174. The van der Waals surface area contributed by atoms with Crippen LogP contribution in [-0.4, -0.2) is 44.0 Å². The number of aromatic nitrogens is 3. The largest absolute Gasteiger partial charge is 0.497 e. The highest BCUT2D eigenvalue weighted by molar-refractivity contribution is 6.09. The first-order valence-electron chi connectivity index (χ1n) is 9.83. The van der Waals surface area contributed by atoms with E-state index in [9.17, 15) is 14.7 Å². The van der Waals surface area contributed by atoms with E-state index >= 15 is 0 Å². The molecule has 0 bridgehead atoms. The van der Waals surface area contributed by atoms with E-state index in [1.165, 1.54) is 4.57 Å². The van der Waals surface area contributed by atoms with Crippen LogP contribution in [0.1, 0.15) is 5.56 Å². The Labute approximate surface area is 182 Å². The summed E-state index contributed by atoms with van der Waals surface area (Å²) < 4.78 is 8.45. The standard InChI is InChI=1S/C23H19N5O4/c1-27-19-9-14(3-4-15(19)11-24-27)7-8-23(21(30)25-22(31)26-23)13-28-12-16-5-6-17(32-2)10-18(16)20(28)29/h3-6,9-12,29H,13H2,1-2H3,(H2,25,26,30,31)/t23-/m1/s1. The molecule has 3 amide bonds. The molecule has 0 aliphatic carbocycles. The molecule has 0 radical (unpaired) electrons. The van der Waals surface area contributed by atoms with Crippen molar-refractivity contribution in [1.82, 2.24) is 25.0 Å². The van der Waals surface area contributed by atoms with Crippen LogP contribution < -0.4 is 15.4 Å². The van der Waals surface area contributed by atoms with Crippen molar-refractivity contribution in [2.24, 2.45) is 7.05 Å². The molecule has 9 heteroatoms. The Bertz CT molecular complexity index is 1470. The summed E-state index contributed by atoms with van der Waals surface area (Å²) in [6.07, 6.45) is 3.46. The van der Waals surface area contributed by atoms with Crippen molar-refractivity contribution in [3.63, 3.8) is 0 Å². The van der Waals surface area contributed by atoms with Gasteiger partial charge in [0.15, 0.2) is 5.88 Å². The summed E-state index contributed by atoms with van der Waals surface area (Å²) in [6.45, 7) is -0.0750. The summed E-state index contributed by atoms with van der Waals surface area (Å²) in [5.41, 5.74) is 0.0184. The van der Waals surface area contributed by atoms with E-state index in [1.807, 2.05) is 25.2 Å². The first kappa shape index (κ1) is 19.5. The lowest BCUT2D eigenvalue weighted by molar-refractivity contribution is -0.122. The van der Waals surface area contributed by atoms with Crippen molar-refractivity contribution >= 4 is 33.6 Å². The van der Waals surface area contributed by atoms with Crippen molar-refractivity contribution in [2.75, 3.05) is 7.11 Å². The van der Waals surface area contributed by atoms with E-state index in [0.29, 0.717) is 16.7 Å². The monoisotopic (exact) mass is 429 g/mol. The number of carbonyl (C=O) groups is 2. The van der Waals surface area contributed by atoms with Gasteiger partial charge in [-0.15, -0.1) is 0 Å². The van der Waals surface area contributed by atoms with Gasteiger partial charge in [0.05, 0.1) is 25.4 Å². The third-order valence-corrected chi connectivity index (χ3v) is 5.59. The van der Waals surface area contributed by atoms with Gasteiger partial charge >= 0.3 is 6.03 Å². The molecule has 32 heavy (non-hydrogen) atoms. The molecule has 5 rings (SSSR count). The third kappa shape index (κ3) is 3.09. The molecule has 0 saturated carbocycles. The van der Waals surface area contributed by atoms with Crippen LogP contribution >= 0.6 is 0 Å². The molecule has 2 aromatic carbocycles. The maximum Gasteiger partial charge on any atom is 0.323 e. The van der Waals surface area contributed by atoms with Gasteiger partial charge in [-0.3, -0.25) is 14.8 Å². The lowest BCUT2D eigenvalue weighted by Gasteiger charge is -2.20.